The van der Waals surface area contributed by atoms with Crippen molar-refractivity contribution in [1.82, 2.24) is 4.90 Å². The molecule has 3 heteroatoms. The molecule has 0 bridgehead atoms. The van der Waals surface area contributed by atoms with Crippen molar-refractivity contribution < 1.29 is 5.21 Å². The number of likely N-dealkylation sites (tertiary alicyclic amines) is 1. The fourth-order valence-electron chi connectivity index (χ4n) is 2.20. The summed E-state index contributed by atoms with van der Waals surface area (Å²) in [6.07, 6.45) is 4.89. The van der Waals surface area contributed by atoms with Gasteiger partial charge in [0.1, 0.15) is 0 Å². The van der Waals surface area contributed by atoms with E-state index in [1.807, 2.05) is 6.92 Å². The molecule has 0 aromatic heterocycles. The summed E-state index contributed by atoms with van der Waals surface area (Å²) in [5.74, 6) is 0. The van der Waals surface area contributed by atoms with Crippen LogP contribution in [-0.2, 0) is 0 Å². The quantitative estimate of drug-likeness (QED) is 0.429. The van der Waals surface area contributed by atoms with Crippen molar-refractivity contribution >= 4 is 5.71 Å². The normalized spacial score (nSPS) is 24.6. The molecule has 1 unspecified atom stereocenters. The third kappa shape index (κ3) is 2.08. The van der Waals surface area contributed by atoms with Crippen LogP contribution in [0.5, 0.6) is 0 Å². The Morgan fingerprint density at radius 2 is 1.93 bits per heavy atom. The van der Waals surface area contributed by atoms with E-state index in [9.17, 15) is 0 Å². The Bertz CT molecular complexity index is 209. The van der Waals surface area contributed by atoms with Crippen LogP contribution in [0.3, 0.4) is 0 Å². The van der Waals surface area contributed by atoms with Crippen LogP contribution in [0.15, 0.2) is 5.16 Å². The molecule has 1 atom stereocenters. The number of hydrogen-bond acceptors (Lipinski definition) is 3. The topological polar surface area (TPSA) is 35.8 Å². The molecular weight excluding hydrogens is 176 g/mol. The first-order valence-electron chi connectivity index (χ1n) is 5.59. The van der Waals surface area contributed by atoms with Crippen LogP contribution in [0.1, 0.15) is 46.5 Å². The zero-order valence-corrected chi connectivity index (χ0v) is 9.58. The van der Waals surface area contributed by atoms with Gasteiger partial charge in [-0.2, -0.15) is 0 Å². The van der Waals surface area contributed by atoms with E-state index < -0.39 is 0 Å². The molecule has 1 fully saturated rings. The van der Waals surface area contributed by atoms with Gasteiger partial charge in [0.15, 0.2) is 0 Å². The highest BCUT2D eigenvalue weighted by atomic mass is 16.4. The third-order valence-electron chi connectivity index (χ3n) is 3.67. The van der Waals surface area contributed by atoms with Gasteiger partial charge in [-0.1, -0.05) is 18.5 Å². The van der Waals surface area contributed by atoms with E-state index in [2.05, 4.69) is 23.9 Å². The Hall–Kier alpha value is -0.570. The summed E-state index contributed by atoms with van der Waals surface area (Å²) < 4.78 is 0. The molecule has 1 heterocycles. The highest BCUT2D eigenvalue weighted by Gasteiger charge is 2.34. The predicted octanol–water partition coefficient (Wildman–Crippen LogP) is 2.49. The Labute approximate surface area is 86.8 Å². The van der Waals surface area contributed by atoms with Gasteiger partial charge in [0.05, 0.1) is 11.3 Å². The van der Waals surface area contributed by atoms with E-state index in [4.69, 9.17) is 5.21 Å². The molecule has 0 aliphatic carbocycles. The molecule has 82 valence electrons. The van der Waals surface area contributed by atoms with Gasteiger partial charge in [-0.15, -0.1) is 0 Å². The van der Waals surface area contributed by atoms with E-state index >= 15 is 0 Å². The second-order valence-corrected chi connectivity index (χ2v) is 4.36. The van der Waals surface area contributed by atoms with Crippen LogP contribution in [0.25, 0.3) is 0 Å². The summed E-state index contributed by atoms with van der Waals surface area (Å²) in [5.41, 5.74) is 0.789. The largest absolute Gasteiger partial charge is 0.411 e. The first kappa shape index (κ1) is 11.5. The van der Waals surface area contributed by atoms with Crippen LogP contribution < -0.4 is 0 Å². The molecule has 1 rings (SSSR count). The van der Waals surface area contributed by atoms with E-state index in [1.54, 1.807) is 0 Å². The Morgan fingerprint density at radius 1 is 1.36 bits per heavy atom. The number of rotatable bonds is 3. The Morgan fingerprint density at radius 3 is 2.36 bits per heavy atom. The summed E-state index contributed by atoms with van der Waals surface area (Å²) in [7, 11) is 0. The van der Waals surface area contributed by atoms with Gasteiger partial charge < -0.3 is 5.21 Å². The van der Waals surface area contributed by atoms with Gasteiger partial charge >= 0.3 is 0 Å². The molecule has 1 aliphatic heterocycles. The number of nitrogens with zero attached hydrogens (tertiary/aromatic N) is 2. The predicted molar refractivity (Wildman–Crippen MR) is 59.0 cm³/mol. The molecule has 0 aromatic rings. The summed E-state index contributed by atoms with van der Waals surface area (Å²) >= 11 is 0. The standard InChI is InChI=1S/C11H22N2O/c1-4-11(3,10(2)12-14)13-8-6-5-7-9-13/h14H,4-9H2,1-3H3/b12-10+. The molecule has 0 amide bonds. The van der Waals surface area contributed by atoms with Crippen LogP contribution >= 0.6 is 0 Å². The maximum absolute atomic E-state index is 8.89. The first-order chi connectivity index (χ1) is 6.65. The molecule has 1 saturated heterocycles. The summed E-state index contributed by atoms with van der Waals surface area (Å²) in [5, 5.41) is 12.3. The average Bonchev–Trinajstić information content (AvgIpc) is 2.28. The minimum atomic E-state index is -0.0465. The summed E-state index contributed by atoms with van der Waals surface area (Å²) in [4.78, 5) is 2.45. The van der Waals surface area contributed by atoms with Crippen LogP contribution in [0.2, 0.25) is 0 Å². The highest BCUT2D eigenvalue weighted by Crippen LogP contribution is 2.25. The molecule has 1 aliphatic rings. The van der Waals surface area contributed by atoms with E-state index in [0.29, 0.717) is 0 Å². The van der Waals surface area contributed by atoms with Gasteiger partial charge in [-0.05, 0) is 46.2 Å². The molecule has 0 radical (unpaired) electrons. The number of hydrogen-bond donors (Lipinski definition) is 1. The van der Waals surface area contributed by atoms with Crippen LogP contribution in [0.4, 0.5) is 0 Å². The zero-order valence-electron chi connectivity index (χ0n) is 9.58. The molecule has 1 N–H and O–H groups in total. The SMILES string of the molecule is CCC(C)(/C(C)=N/O)N1CCCCC1. The first-order valence-corrected chi connectivity index (χ1v) is 5.59. The van der Waals surface area contributed by atoms with Crippen molar-refractivity contribution in [2.75, 3.05) is 13.1 Å². The van der Waals surface area contributed by atoms with Crippen molar-refractivity contribution in [2.24, 2.45) is 5.16 Å². The third-order valence-corrected chi connectivity index (χ3v) is 3.67. The maximum atomic E-state index is 8.89. The minimum Gasteiger partial charge on any atom is -0.411 e. The smallest absolute Gasteiger partial charge is 0.0739 e. The maximum Gasteiger partial charge on any atom is 0.0739 e. The van der Waals surface area contributed by atoms with Crippen LogP contribution in [0, 0.1) is 0 Å². The molecule has 0 spiro atoms. The second kappa shape index (κ2) is 4.78. The zero-order chi connectivity index (χ0) is 10.6. The number of oxime groups is 1. The lowest BCUT2D eigenvalue weighted by atomic mass is 9.89. The van der Waals surface area contributed by atoms with E-state index in [0.717, 1.165) is 25.2 Å². The second-order valence-electron chi connectivity index (χ2n) is 4.36. The van der Waals surface area contributed by atoms with Gasteiger partial charge in [-0.3, -0.25) is 4.90 Å². The molecular formula is C11H22N2O. The summed E-state index contributed by atoms with van der Waals surface area (Å²) in [6, 6.07) is 0. The Balaban J connectivity index is 2.76. The van der Waals surface area contributed by atoms with Crippen molar-refractivity contribution in [1.29, 1.82) is 0 Å². The van der Waals surface area contributed by atoms with Crippen molar-refractivity contribution in [3.8, 4) is 0 Å². The molecule has 0 saturated carbocycles. The van der Waals surface area contributed by atoms with Gasteiger partial charge in [0.2, 0.25) is 0 Å². The summed E-state index contributed by atoms with van der Waals surface area (Å²) in [6.45, 7) is 8.52. The minimum absolute atomic E-state index is 0.0465. The fourth-order valence-corrected chi connectivity index (χ4v) is 2.20. The van der Waals surface area contributed by atoms with E-state index in [1.165, 1.54) is 19.3 Å². The van der Waals surface area contributed by atoms with Crippen LogP contribution in [-0.4, -0.2) is 34.4 Å². The van der Waals surface area contributed by atoms with Gasteiger partial charge in [0, 0.05) is 0 Å². The van der Waals surface area contributed by atoms with Crippen molar-refractivity contribution in [2.45, 2.75) is 52.0 Å². The molecule has 14 heavy (non-hydrogen) atoms. The molecule has 0 aromatic carbocycles. The monoisotopic (exact) mass is 198 g/mol. The lowest BCUT2D eigenvalue weighted by Gasteiger charge is -2.42. The van der Waals surface area contributed by atoms with Crippen molar-refractivity contribution in [3.63, 3.8) is 0 Å². The number of piperidine rings is 1. The lowest BCUT2D eigenvalue weighted by Crippen LogP contribution is -2.53. The van der Waals surface area contributed by atoms with Gasteiger partial charge in [-0.25, -0.2) is 0 Å². The Kier molecular flexibility index (Phi) is 3.93. The molecule has 3 nitrogen and oxygen atoms in total. The fraction of sp³-hybridized carbons (Fsp3) is 0.909. The van der Waals surface area contributed by atoms with E-state index in [-0.39, 0.29) is 5.54 Å². The lowest BCUT2D eigenvalue weighted by molar-refractivity contribution is 0.125. The highest BCUT2D eigenvalue weighted by molar-refractivity contribution is 5.90. The van der Waals surface area contributed by atoms with Gasteiger partial charge in [0.25, 0.3) is 0 Å². The van der Waals surface area contributed by atoms with Crippen molar-refractivity contribution in [3.05, 3.63) is 0 Å². The average molecular weight is 198 g/mol.